The van der Waals surface area contributed by atoms with Crippen LogP contribution in [-0.4, -0.2) is 53.5 Å². The Morgan fingerprint density at radius 3 is 2.72 bits per heavy atom. The molecule has 2 heterocycles. The lowest BCUT2D eigenvalue weighted by Gasteiger charge is -2.45. The average molecular weight is 346 g/mol. The summed E-state index contributed by atoms with van der Waals surface area (Å²) in [6.07, 6.45) is 3.33. The van der Waals surface area contributed by atoms with Crippen LogP contribution in [0.4, 0.5) is 16.2 Å². The van der Waals surface area contributed by atoms with Gasteiger partial charge in [0.2, 0.25) is 0 Å². The molecule has 0 bridgehead atoms. The summed E-state index contributed by atoms with van der Waals surface area (Å²) in [4.78, 5) is 27.7. The van der Waals surface area contributed by atoms with Crippen molar-refractivity contribution >= 4 is 17.4 Å². The Morgan fingerprint density at radius 1 is 1.24 bits per heavy atom. The zero-order valence-corrected chi connectivity index (χ0v) is 15.1. The zero-order chi connectivity index (χ0) is 18.1. The second-order valence-corrected chi connectivity index (χ2v) is 7.33. The van der Waals surface area contributed by atoms with E-state index in [2.05, 4.69) is 17.3 Å². The topological polar surface area (TPSA) is 78.7 Å². The number of rotatable bonds is 2. The normalized spacial score (nSPS) is 23.9. The van der Waals surface area contributed by atoms with Gasteiger partial charge in [-0.1, -0.05) is 0 Å². The average Bonchev–Trinajstić information content (AvgIpc) is 2.56. The van der Waals surface area contributed by atoms with Crippen molar-refractivity contribution in [3.05, 3.63) is 33.4 Å². The van der Waals surface area contributed by atoms with E-state index in [9.17, 15) is 14.9 Å². The van der Waals surface area contributed by atoms with Crippen LogP contribution in [0.1, 0.15) is 30.4 Å². The highest BCUT2D eigenvalue weighted by atomic mass is 16.6. The molecule has 1 N–H and O–H groups in total. The van der Waals surface area contributed by atoms with Crippen LogP contribution in [0, 0.1) is 29.9 Å². The number of amides is 2. The molecule has 2 aliphatic rings. The highest BCUT2D eigenvalue weighted by Crippen LogP contribution is 2.31. The zero-order valence-electron chi connectivity index (χ0n) is 15.1. The summed E-state index contributed by atoms with van der Waals surface area (Å²) in [5.74, 6) is 0.520. The van der Waals surface area contributed by atoms with E-state index in [0.29, 0.717) is 23.2 Å². The molecule has 3 rings (SSSR count). The summed E-state index contributed by atoms with van der Waals surface area (Å²) >= 11 is 0. The minimum absolute atomic E-state index is 0.0357. The lowest BCUT2D eigenvalue weighted by Crippen LogP contribution is -2.54. The first kappa shape index (κ1) is 17.7. The molecule has 136 valence electrons. The Hall–Kier alpha value is -2.15. The number of nitrogens with one attached hydrogen (secondary N) is 1. The van der Waals surface area contributed by atoms with Crippen molar-refractivity contribution in [3.63, 3.8) is 0 Å². The summed E-state index contributed by atoms with van der Waals surface area (Å²) in [7, 11) is 2.17. The van der Waals surface area contributed by atoms with E-state index < -0.39 is 4.92 Å². The number of anilines is 1. The molecular formula is C18H26N4O3. The Labute approximate surface area is 148 Å². The number of hydrogen-bond donors (Lipinski definition) is 1. The van der Waals surface area contributed by atoms with Crippen LogP contribution in [0.2, 0.25) is 0 Å². The minimum Gasteiger partial charge on any atom is -0.324 e. The van der Waals surface area contributed by atoms with Gasteiger partial charge in [-0.05, 0) is 64.3 Å². The molecule has 2 fully saturated rings. The Bertz CT molecular complexity index is 691. The van der Waals surface area contributed by atoms with E-state index in [0.717, 1.165) is 38.0 Å². The first-order valence-electron chi connectivity index (χ1n) is 8.88. The van der Waals surface area contributed by atoms with Gasteiger partial charge in [-0.3, -0.25) is 10.1 Å². The molecule has 25 heavy (non-hydrogen) atoms. The Balaban J connectivity index is 1.71. The second kappa shape index (κ2) is 7.00. The van der Waals surface area contributed by atoms with Gasteiger partial charge < -0.3 is 15.1 Å². The largest absolute Gasteiger partial charge is 0.324 e. The number of piperidine rings is 2. The Kier molecular flexibility index (Phi) is 4.94. The van der Waals surface area contributed by atoms with Crippen molar-refractivity contribution in [1.82, 2.24) is 9.80 Å². The van der Waals surface area contributed by atoms with Crippen molar-refractivity contribution in [3.8, 4) is 0 Å². The summed E-state index contributed by atoms with van der Waals surface area (Å²) in [6, 6.07) is 3.62. The number of nitrogens with zero attached hydrogens (tertiary/aromatic N) is 3. The van der Waals surface area contributed by atoms with Gasteiger partial charge in [0.05, 0.1) is 10.6 Å². The SMILES string of the molecule is Cc1cc(C)c([N+](=O)[O-])cc1NC(=O)N1CC[C@@H]2[C@@H](CCCN2C)C1. The van der Waals surface area contributed by atoms with Crippen LogP contribution in [0.3, 0.4) is 0 Å². The van der Waals surface area contributed by atoms with E-state index in [1.165, 1.54) is 12.5 Å². The first-order chi connectivity index (χ1) is 11.9. The fourth-order valence-electron chi connectivity index (χ4n) is 4.20. The number of benzene rings is 1. The highest BCUT2D eigenvalue weighted by molar-refractivity contribution is 5.90. The molecule has 0 spiro atoms. The molecule has 1 aromatic rings. The van der Waals surface area contributed by atoms with Crippen molar-refractivity contribution in [2.75, 3.05) is 32.0 Å². The molecule has 2 atom stereocenters. The predicted molar refractivity (Wildman–Crippen MR) is 96.9 cm³/mol. The standard InChI is InChI=1S/C18H26N4O3/c1-12-9-13(2)17(22(24)25)10-15(12)19-18(23)21-8-6-16-14(11-21)5-4-7-20(16)3/h9-10,14,16H,4-8,11H2,1-3H3,(H,19,23)/t14-,16+/m0/s1. The fraction of sp³-hybridized carbons (Fsp3) is 0.611. The van der Waals surface area contributed by atoms with Crippen molar-refractivity contribution in [2.45, 2.75) is 39.2 Å². The third-order valence-corrected chi connectivity index (χ3v) is 5.61. The van der Waals surface area contributed by atoms with Crippen LogP contribution >= 0.6 is 0 Å². The third kappa shape index (κ3) is 3.61. The van der Waals surface area contributed by atoms with Crippen LogP contribution < -0.4 is 5.32 Å². The lowest BCUT2D eigenvalue weighted by atomic mass is 9.84. The number of nitro benzene ring substituents is 1. The van der Waals surface area contributed by atoms with Gasteiger partial charge in [-0.2, -0.15) is 0 Å². The van der Waals surface area contributed by atoms with Gasteiger partial charge in [0.15, 0.2) is 0 Å². The summed E-state index contributed by atoms with van der Waals surface area (Å²) in [6.45, 7) is 6.19. The van der Waals surface area contributed by atoms with Gasteiger partial charge in [-0.15, -0.1) is 0 Å². The number of aryl methyl sites for hydroxylation is 2. The van der Waals surface area contributed by atoms with Crippen LogP contribution in [0.5, 0.6) is 0 Å². The van der Waals surface area contributed by atoms with Crippen molar-refractivity contribution < 1.29 is 9.72 Å². The molecule has 2 saturated heterocycles. The Morgan fingerprint density at radius 2 is 2.00 bits per heavy atom. The molecular weight excluding hydrogens is 320 g/mol. The maximum absolute atomic E-state index is 12.7. The molecule has 0 aromatic heterocycles. The molecule has 0 radical (unpaired) electrons. The van der Waals surface area contributed by atoms with E-state index in [1.54, 1.807) is 13.0 Å². The highest BCUT2D eigenvalue weighted by Gasteiger charge is 2.35. The van der Waals surface area contributed by atoms with Gasteiger partial charge in [0.1, 0.15) is 0 Å². The summed E-state index contributed by atoms with van der Waals surface area (Å²) < 4.78 is 0. The quantitative estimate of drug-likeness (QED) is 0.659. The van der Waals surface area contributed by atoms with Crippen molar-refractivity contribution in [1.29, 1.82) is 0 Å². The molecule has 2 amide bonds. The van der Waals surface area contributed by atoms with Crippen LogP contribution in [0.15, 0.2) is 12.1 Å². The van der Waals surface area contributed by atoms with Crippen LogP contribution in [0.25, 0.3) is 0 Å². The number of fused-ring (bicyclic) bond motifs is 1. The fourth-order valence-corrected chi connectivity index (χ4v) is 4.20. The number of carbonyl (C=O) groups is 1. The van der Waals surface area contributed by atoms with Crippen LogP contribution in [-0.2, 0) is 0 Å². The van der Waals surface area contributed by atoms with E-state index in [1.807, 2.05) is 11.8 Å². The maximum Gasteiger partial charge on any atom is 0.321 e. The number of hydrogen-bond acceptors (Lipinski definition) is 4. The molecule has 7 heteroatoms. The smallest absolute Gasteiger partial charge is 0.321 e. The molecule has 0 unspecified atom stereocenters. The summed E-state index contributed by atoms with van der Waals surface area (Å²) in [5, 5.41) is 14.0. The molecule has 2 aliphatic heterocycles. The van der Waals surface area contributed by atoms with E-state index in [4.69, 9.17) is 0 Å². The monoisotopic (exact) mass is 346 g/mol. The first-order valence-corrected chi connectivity index (χ1v) is 8.88. The lowest BCUT2D eigenvalue weighted by molar-refractivity contribution is -0.385. The predicted octanol–water partition coefficient (Wildman–Crippen LogP) is 3.16. The summed E-state index contributed by atoms with van der Waals surface area (Å²) in [5.41, 5.74) is 1.99. The maximum atomic E-state index is 12.7. The number of nitro groups is 1. The molecule has 7 nitrogen and oxygen atoms in total. The van der Waals surface area contributed by atoms with Gasteiger partial charge in [0.25, 0.3) is 5.69 Å². The molecule has 0 aliphatic carbocycles. The van der Waals surface area contributed by atoms with Crippen molar-refractivity contribution in [2.24, 2.45) is 5.92 Å². The minimum atomic E-state index is -0.409. The number of urea groups is 1. The number of likely N-dealkylation sites (tertiary alicyclic amines) is 2. The number of carbonyl (C=O) groups excluding carboxylic acids is 1. The van der Waals surface area contributed by atoms with Gasteiger partial charge >= 0.3 is 6.03 Å². The van der Waals surface area contributed by atoms with E-state index >= 15 is 0 Å². The van der Waals surface area contributed by atoms with E-state index in [-0.39, 0.29) is 11.7 Å². The molecule has 1 aromatic carbocycles. The molecule has 0 saturated carbocycles. The van der Waals surface area contributed by atoms with Gasteiger partial charge in [0, 0.05) is 30.8 Å². The third-order valence-electron chi connectivity index (χ3n) is 5.61. The van der Waals surface area contributed by atoms with Gasteiger partial charge in [-0.25, -0.2) is 4.79 Å². The second-order valence-electron chi connectivity index (χ2n) is 7.33.